The Morgan fingerprint density at radius 3 is 2.97 bits per heavy atom. The standard InChI is InChI=1S/C26H29N5O/c1-18-13-14-19(26-30-29-24-11-3-2-6-15-31(24)26)16-23(18)28-25(32)12-7-8-20-17-27-22-10-5-4-9-21(20)22/h4-5,9-10,13-14,16-17,27H,2-3,6-8,11-12,15H2,1H3,(H,28,32). The quantitative estimate of drug-likeness (QED) is 0.431. The van der Waals surface area contributed by atoms with E-state index in [0.29, 0.717) is 6.42 Å². The van der Waals surface area contributed by atoms with Crippen LogP contribution >= 0.6 is 0 Å². The second-order valence-electron chi connectivity index (χ2n) is 8.69. The van der Waals surface area contributed by atoms with E-state index >= 15 is 0 Å². The second-order valence-corrected chi connectivity index (χ2v) is 8.69. The lowest BCUT2D eigenvalue weighted by molar-refractivity contribution is -0.116. The van der Waals surface area contributed by atoms with Gasteiger partial charge in [0.05, 0.1) is 0 Å². The average Bonchev–Trinajstić information content (AvgIpc) is 3.32. The number of anilines is 1. The molecule has 2 aromatic carbocycles. The van der Waals surface area contributed by atoms with Crippen LogP contribution in [0.3, 0.4) is 0 Å². The highest BCUT2D eigenvalue weighted by molar-refractivity contribution is 5.92. The van der Waals surface area contributed by atoms with Gasteiger partial charge in [-0.3, -0.25) is 4.79 Å². The maximum Gasteiger partial charge on any atom is 0.224 e. The zero-order chi connectivity index (χ0) is 21.9. The predicted molar refractivity (Wildman–Crippen MR) is 128 cm³/mol. The van der Waals surface area contributed by atoms with E-state index in [-0.39, 0.29) is 5.91 Å². The molecule has 0 spiro atoms. The van der Waals surface area contributed by atoms with Crippen molar-refractivity contribution in [3.63, 3.8) is 0 Å². The molecular weight excluding hydrogens is 398 g/mol. The second kappa shape index (κ2) is 8.99. The largest absolute Gasteiger partial charge is 0.361 e. The van der Waals surface area contributed by atoms with Crippen LogP contribution in [-0.2, 0) is 24.2 Å². The van der Waals surface area contributed by atoms with Gasteiger partial charge in [0.1, 0.15) is 5.82 Å². The molecule has 6 heteroatoms. The first-order chi connectivity index (χ1) is 15.7. The number of aromatic amines is 1. The third-order valence-corrected chi connectivity index (χ3v) is 6.40. The van der Waals surface area contributed by atoms with E-state index in [1.807, 2.05) is 19.1 Å². The van der Waals surface area contributed by atoms with Crippen molar-refractivity contribution >= 4 is 22.5 Å². The van der Waals surface area contributed by atoms with Crippen LogP contribution in [0.25, 0.3) is 22.3 Å². The van der Waals surface area contributed by atoms with Crippen molar-refractivity contribution in [2.45, 2.75) is 58.4 Å². The number of nitrogens with zero attached hydrogens (tertiary/aromatic N) is 3. The number of aryl methyl sites for hydroxylation is 3. The summed E-state index contributed by atoms with van der Waals surface area (Å²) in [5.74, 6) is 2.02. The van der Waals surface area contributed by atoms with E-state index < -0.39 is 0 Å². The van der Waals surface area contributed by atoms with Crippen LogP contribution in [-0.4, -0.2) is 25.7 Å². The Hall–Kier alpha value is -3.41. The first-order valence-corrected chi connectivity index (χ1v) is 11.6. The van der Waals surface area contributed by atoms with Crippen LogP contribution in [0, 0.1) is 6.92 Å². The third-order valence-electron chi connectivity index (χ3n) is 6.40. The van der Waals surface area contributed by atoms with Crippen molar-refractivity contribution in [3.8, 4) is 11.4 Å². The van der Waals surface area contributed by atoms with Gasteiger partial charge in [0.25, 0.3) is 0 Å². The van der Waals surface area contributed by atoms with Crippen molar-refractivity contribution in [2.24, 2.45) is 0 Å². The van der Waals surface area contributed by atoms with Gasteiger partial charge in [-0.2, -0.15) is 0 Å². The Labute approximate surface area is 188 Å². The SMILES string of the molecule is Cc1ccc(-c2nnc3n2CCCCC3)cc1NC(=O)CCCc1c[nH]c2ccccc12. The predicted octanol–water partition coefficient (Wildman–Crippen LogP) is 5.42. The number of amides is 1. The van der Waals surface area contributed by atoms with Gasteiger partial charge in [-0.25, -0.2) is 0 Å². The monoisotopic (exact) mass is 427 g/mol. The molecule has 1 aliphatic heterocycles. The summed E-state index contributed by atoms with van der Waals surface area (Å²) in [7, 11) is 0. The lowest BCUT2D eigenvalue weighted by Crippen LogP contribution is -2.12. The molecule has 0 atom stereocenters. The number of hydrogen-bond donors (Lipinski definition) is 2. The molecule has 2 N–H and O–H groups in total. The summed E-state index contributed by atoms with van der Waals surface area (Å²) in [5, 5.41) is 13.2. The van der Waals surface area contributed by atoms with Crippen LogP contribution in [0.5, 0.6) is 0 Å². The average molecular weight is 428 g/mol. The molecule has 3 heterocycles. The molecule has 0 bridgehead atoms. The Morgan fingerprint density at radius 2 is 2.03 bits per heavy atom. The number of fused-ring (bicyclic) bond motifs is 2. The van der Waals surface area contributed by atoms with Gasteiger partial charge in [-0.05, 0) is 55.9 Å². The number of rotatable bonds is 6. The van der Waals surface area contributed by atoms with Gasteiger partial charge in [-0.15, -0.1) is 10.2 Å². The number of carbonyl (C=O) groups is 1. The number of benzene rings is 2. The molecule has 164 valence electrons. The van der Waals surface area contributed by atoms with E-state index in [4.69, 9.17) is 0 Å². The zero-order valence-corrected chi connectivity index (χ0v) is 18.5. The number of nitrogens with one attached hydrogen (secondary N) is 2. The van der Waals surface area contributed by atoms with Gasteiger partial charge >= 0.3 is 0 Å². The zero-order valence-electron chi connectivity index (χ0n) is 18.5. The molecule has 0 saturated heterocycles. The van der Waals surface area contributed by atoms with Gasteiger partial charge in [-0.1, -0.05) is 36.8 Å². The summed E-state index contributed by atoms with van der Waals surface area (Å²) in [5.41, 5.74) is 5.31. The lowest BCUT2D eigenvalue weighted by Gasteiger charge is -2.12. The van der Waals surface area contributed by atoms with E-state index in [0.717, 1.165) is 66.2 Å². The highest BCUT2D eigenvalue weighted by Gasteiger charge is 2.17. The fraction of sp³-hybridized carbons (Fsp3) is 0.346. The molecule has 0 saturated carbocycles. The topological polar surface area (TPSA) is 75.6 Å². The van der Waals surface area contributed by atoms with Crippen molar-refractivity contribution in [1.29, 1.82) is 0 Å². The van der Waals surface area contributed by atoms with Crippen LogP contribution in [0.1, 0.15) is 49.1 Å². The summed E-state index contributed by atoms with van der Waals surface area (Å²) < 4.78 is 2.24. The van der Waals surface area contributed by atoms with Gasteiger partial charge in [0.2, 0.25) is 5.91 Å². The first kappa shape index (κ1) is 20.5. The number of carbonyl (C=O) groups excluding carboxylic acids is 1. The number of hydrogen-bond acceptors (Lipinski definition) is 3. The fourth-order valence-corrected chi connectivity index (χ4v) is 4.58. The maximum absolute atomic E-state index is 12.7. The summed E-state index contributed by atoms with van der Waals surface area (Å²) in [6, 6.07) is 14.4. The Bertz CT molecular complexity index is 1250. The van der Waals surface area contributed by atoms with Crippen LogP contribution in [0.2, 0.25) is 0 Å². The Morgan fingerprint density at radius 1 is 1.12 bits per heavy atom. The van der Waals surface area contributed by atoms with E-state index in [2.05, 4.69) is 61.6 Å². The minimum atomic E-state index is 0.0464. The van der Waals surface area contributed by atoms with Crippen LogP contribution in [0.4, 0.5) is 5.69 Å². The van der Waals surface area contributed by atoms with E-state index in [9.17, 15) is 4.79 Å². The fourth-order valence-electron chi connectivity index (χ4n) is 4.58. The summed E-state index contributed by atoms with van der Waals surface area (Å²) >= 11 is 0. The highest BCUT2D eigenvalue weighted by Crippen LogP contribution is 2.27. The summed E-state index contributed by atoms with van der Waals surface area (Å²) in [6.45, 7) is 2.98. The third kappa shape index (κ3) is 4.17. The normalized spacial score (nSPS) is 13.7. The van der Waals surface area contributed by atoms with Crippen molar-refractivity contribution < 1.29 is 4.79 Å². The minimum Gasteiger partial charge on any atom is -0.361 e. The van der Waals surface area contributed by atoms with E-state index in [1.165, 1.54) is 23.8 Å². The molecule has 0 fully saturated rings. The molecule has 0 unspecified atom stereocenters. The van der Waals surface area contributed by atoms with Crippen molar-refractivity contribution in [3.05, 3.63) is 65.6 Å². The first-order valence-electron chi connectivity index (χ1n) is 11.6. The summed E-state index contributed by atoms with van der Waals surface area (Å²) in [4.78, 5) is 16.0. The Kier molecular flexibility index (Phi) is 5.75. The molecule has 6 nitrogen and oxygen atoms in total. The molecular formula is C26H29N5O. The molecule has 32 heavy (non-hydrogen) atoms. The minimum absolute atomic E-state index is 0.0464. The van der Waals surface area contributed by atoms with Crippen molar-refractivity contribution in [1.82, 2.24) is 19.7 Å². The van der Waals surface area contributed by atoms with Gasteiger partial charge < -0.3 is 14.9 Å². The molecule has 1 amide bonds. The molecule has 0 aliphatic carbocycles. The summed E-state index contributed by atoms with van der Waals surface area (Å²) in [6.07, 6.45) is 8.78. The molecule has 1 aliphatic rings. The number of H-pyrrole nitrogens is 1. The number of para-hydroxylation sites is 1. The molecule has 5 rings (SSSR count). The van der Waals surface area contributed by atoms with Crippen LogP contribution < -0.4 is 5.32 Å². The van der Waals surface area contributed by atoms with Crippen LogP contribution in [0.15, 0.2) is 48.7 Å². The number of aromatic nitrogens is 4. The van der Waals surface area contributed by atoms with E-state index in [1.54, 1.807) is 0 Å². The smallest absolute Gasteiger partial charge is 0.224 e. The van der Waals surface area contributed by atoms with Crippen molar-refractivity contribution in [2.75, 3.05) is 5.32 Å². The molecule has 0 radical (unpaired) electrons. The molecule has 2 aromatic heterocycles. The molecule has 4 aromatic rings. The lowest BCUT2D eigenvalue weighted by atomic mass is 10.1. The van der Waals surface area contributed by atoms with Gasteiger partial charge in [0.15, 0.2) is 5.82 Å². The van der Waals surface area contributed by atoms with Gasteiger partial charge in [0, 0.05) is 47.7 Å². The highest BCUT2D eigenvalue weighted by atomic mass is 16.1. The Balaban J connectivity index is 1.25. The maximum atomic E-state index is 12.7.